The Balaban J connectivity index is 2.31. The minimum Gasteiger partial charge on any atom is -0.493 e. The summed E-state index contributed by atoms with van der Waals surface area (Å²) in [5, 5.41) is 3.28. The number of hydrogen-bond donors (Lipinski definition) is 0. The third kappa shape index (κ3) is 4.16. The Morgan fingerprint density at radius 1 is 1.14 bits per heavy atom. The molecule has 0 fully saturated rings. The van der Waals surface area contributed by atoms with E-state index in [4.69, 9.17) is 9.47 Å². The van der Waals surface area contributed by atoms with Crippen molar-refractivity contribution in [1.29, 1.82) is 0 Å². The van der Waals surface area contributed by atoms with Crippen molar-refractivity contribution in [3.05, 3.63) is 35.9 Å². The molecule has 3 heteroatoms. The first kappa shape index (κ1) is 17.1. The first-order valence-electron chi connectivity index (χ1n) is 8.01. The summed E-state index contributed by atoms with van der Waals surface area (Å²) in [6, 6.07) is 10.4. The van der Waals surface area contributed by atoms with Gasteiger partial charge >= 0.3 is 0 Å². The summed E-state index contributed by atoms with van der Waals surface area (Å²) in [6.45, 7) is 7.92. The molecule has 2 aromatic rings. The van der Waals surface area contributed by atoms with Gasteiger partial charge in [-0.15, -0.1) is 0 Å². The van der Waals surface area contributed by atoms with Crippen LogP contribution in [-0.2, 0) is 0 Å². The summed E-state index contributed by atoms with van der Waals surface area (Å²) in [6.07, 6.45) is 2.13. The summed E-state index contributed by atoms with van der Waals surface area (Å²) in [5.74, 6) is 2.48. The van der Waals surface area contributed by atoms with Gasteiger partial charge in [-0.1, -0.05) is 54.0 Å². The molecule has 0 N–H and O–H groups in total. The number of alkyl halides is 1. The predicted octanol–water partition coefficient (Wildman–Crippen LogP) is 5.74. The molecule has 0 saturated heterocycles. The molecular weight excluding hydrogens is 340 g/mol. The van der Waals surface area contributed by atoms with Crippen LogP contribution in [0.1, 0.15) is 32.3 Å². The molecule has 1 atom stereocenters. The third-order valence-corrected chi connectivity index (χ3v) is 4.18. The second kappa shape index (κ2) is 8.42. The van der Waals surface area contributed by atoms with Gasteiger partial charge in [0.05, 0.1) is 13.2 Å². The average molecular weight is 365 g/mol. The zero-order chi connectivity index (χ0) is 15.9. The maximum atomic E-state index is 6.10. The number of aryl methyl sites for hydroxylation is 1. The zero-order valence-corrected chi connectivity index (χ0v) is 15.3. The first-order chi connectivity index (χ1) is 10.7. The smallest absolute Gasteiger partial charge is 0.130 e. The fraction of sp³-hybridized carbons (Fsp3) is 0.474. The molecule has 1 unspecified atom stereocenters. The van der Waals surface area contributed by atoms with Crippen molar-refractivity contribution >= 4 is 26.7 Å². The number of fused-ring (bicyclic) bond motifs is 1. The summed E-state index contributed by atoms with van der Waals surface area (Å²) in [7, 11) is 0. The largest absolute Gasteiger partial charge is 0.493 e. The predicted molar refractivity (Wildman–Crippen MR) is 97.5 cm³/mol. The number of hydrogen-bond acceptors (Lipinski definition) is 2. The molecule has 0 amide bonds. The van der Waals surface area contributed by atoms with Gasteiger partial charge in [0.1, 0.15) is 11.5 Å². The van der Waals surface area contributed by atoms with E-state index >= 15 is 0 Å². The van der Waals surface area contributed by atoms with Crippen LogP contribution in [0.25, 0.3) is 10.8 Å². The Bertz CT molecular complexity index is 610. The Labute approximate surface area is 141 Å². The molecular formula is C19H25BrO2. The van der Waals surface area contributed by atoms with E-state index in [1.165, 1.54) is 0 Å². The van der Waals surface area contributed by atoms with Crippen LogP contribution >= 0.6 is 15.9 Å². The Kier molecular flexibility index (Phi) is 6.56. The zero-order valence-electron chi connectivity index (χ0n) is 13.7. The van der Waals surface area contributed by atoms with Crippen LogP contribution in [-0.4, -0.2) is 18.5 Å². The Morgan fingerprint density at radius 3 is 2.55 bits per heavy atom. The van der Waals surface area contributed by atoms with Gasteiger partial charge in [-0.25, -0.2) is 0 Å². The molecule has 0 aliphatic rings. The van der Waals surface area contributed by atoms with Gasteiger partial charge in [-0.3, -0.25) is 0 Å². The van der Waals surface area contributed by atoms with E-state index in [9.17, 15) is 0 Å². The van der Waals surface area contributed by atoms with Crippen LogP contribution in [0.2, 0.25) is 0 Å². The van der Waals surface area contributed by atoms with E-state index in [0.717, 1.165) is 59.2 Å². The van der Waals surface area contributed by atoms with Gasteiger partial charge in [0, 0.05) is 16.1 Å². The topological polar surface area (TPSA) is 18.5 Å². The van der Waals surface area contributed by atoms with E-state index in [1.54, 1.807) is 0 Å². The highest BCUT2D eigenvalue weighted by Crippen LogP contribution is 2.36. The molecule has 0 spiro atoms. The lowest BCUT2D eigenvalue weighted by Gasteiger charge is -2.17. The van der Waals surface area contributed by atoms with Crippen LogP contribution in [0, 0.1) is 12.8 Å². The second-order valence-corrected chi connectivity index (χ2v) is 6.60. The number of halogens is 1. The van der Waals surface area contributed by atoms with Gasteiger partial charge in [-0.05, 0) is 37.3 Å². The lowest BCUT2D eigenvalue weighted by Crippen LogP contribution is -2.09. The van der Waals surface area contributed by atoms with Crippen LogP contribution in [0.5, 0.6) is 11.5 Å². The van der Waals surface area contributed by atoms with Crippen LogP contribution in [0.15, 0.2) is 30.3 Å². The van der Waals surface area contributed by atoms with Gasteiger partial charge < -0.3 is 9.47 Å². The number of rotatable bonds is 8. The highest BCUT2D eigenvalue weighted by molar-refractivity contribution is 9.09. The first-order valence-corrected chi connectivity index (χ1v) is 9.13. The minimum absolute atomic E-state index is 0.537. The third-order valence-electron chi connectivity index (χ3n) is 3.72. The van der Waals surface area contributed by atoms with Crippen LogP contribution in [0.4, 0.5) is 0 Å². The fourth-order valence-corrected chi connectivity index (χ4v) is 3.25. The maximum absolute atomic E-state index is 6.10. The van der Waals surface area contributed by atoms with E-state index in [1.807, 2.05) is 0 Å². The molecule has 22 heavy (non-hydrogen) atoms. The lowest BCUT2D eigenvalue weighted by molar-refractivity contribution is 0.259. The van der Waals surface area contributed by atoms with E-state index in [-0.39, 0.29) is 0 Å². The SMILES string of the molecule is CCCOc1c(C)cc(OCC(C)CCBr)c2ccccc12. The number of ether oxygens (including phenoxy) is 2. The summed E-state index contributed by atoms with van der Waals surface area (Å²) >= 11 is 3.49. The molecule has 0 aliphatic heterocycles. The Hall–Kier alpha value is -1.22. The molecule has 0 aromatic heterocycles. The lowest BCUT2D eigenvalue weighted by atomic mass is 10.0. The normalized spacial score (nSPS) is 12.4. The van der Waals surface area contributed by atoms with Crippen molar-refractivity contribution in [2.24, 2.45) is 5.92 Å². The average Bonchev–Trinajstić information content (AvgIpc) is 2.52. The monoisotopic (exact) mass is 364 g/mol. The van der Waals surface area contributed by atoms with E-state index in [2.05, 4.69) is 67.0 Å². The van der Waals surface area contributed by atoms with Crippen LogP contribution < -0.4 is 9.47 Å². The van der Waals surface area contributed by atoms with Crippen molar-refractivity contribution in [3.63, 3.8) is 0 Å². The summed E-state index contributed by atoms with van der Waals surface area (Å²) in [4.78, 5) is 0. The van der Waals surface area contributed by atoms with Gasteiger partial charge in [0.2, 0.25) is 0 Å². The Morgan fingerprint density at radius 2 is 1.86 bits per heavy atom. The molecule has 0 bridgehead atoms. The highest BCUT2D eigenvalue weighted by Gasteiger charge is 2.12. The van der Waals surface area contributed by atoms with Crippen molar-refractivity contribution in [3.8, 4) is 11.5 Å². The molecule has 0 heterocycles. The number of benzene rings is 2. The maximum Gasteiger partial charge on any atom is 0.130 e. The van der Waals surface area contributed by atoms with Crippen LogP contribution in [0.3, 0.4) is 0 Å². The van der Waals surface area contributed by atoms with Crippen molar-refractivity contribution in [2.75, 3.05) is 18.5 Å². The highest BCUT2D eigenvalue weighted by atomic mass is 79.9. The van der Waals surface area contributed by atoms with Gasteiger partial charge in [0.25, 0.3) is 0 Å². The van der Waals surface area contributed by atoms with Gasteiger partial charge in [-0.2, -0.15) is 0 Å². The molecule has 0 saturated carbocycles. The van der Waals surface area contributed by atoms with Gasteiger partial charge in [0.15, 0.2) is 0 Å². The molecule has 2 nitrogen and oxygen atoms in total. The molecule has 0 aliphatic carbocycles. The van der Waals surface area contributed by atoms with Crippen molar-refractivity contribution in [1.82, 2.24) is 0 Å². The van der Waals surface area contributed by atoms with Crippen molar-refractivity contribution in [2.45, 2.75) is 33.6 Å². The van der Waals surface area contributed by atoms with E-state index < -0.39 is 0 Å². The molecule has 2 rings (SSSR count). The minimum atomic E-state index is 0.537. The molecule has 120 valence electrons. The summed E-state index contributed by atoms with van der Waals surface area (Å²) in [5.41, 5.74) is 1.13. The molecule has 0 radical (unpaired) electrons. The quantitative estimate of drug-likeness (QED) is 0.556. The second-order valence-electron chi connectivity index (χ2n) is 5.81. The van der Waals surface area contributed by atoms with Crippen molar-refractivity contribution < 1.29 is 9.47 Å². The fourth-order valence-electron chi connectivity index (χ4n) is 2.47. The van der Waals surface area contributed by atoms with E-state index in [0.29, 0.717) is 5.92 Å². The molecule has 2 aromatic carbocycles. The standard InChI is InChI=1S/C19H25BrO2/c1-4-11-21-19-15(3)12-18(22-13-14(2)9-10-20)16-7-5-6-8-17(16)19/h5-8,12,14H,4,9-11,13H2,1-3H3. The summed E-state index contributed by atoms with van der Waals surface area (Å²) < 4.78 is 12.1.